The lowest BCUT2D eigenvalue weighted by atomic mass is 9.98. The zero-order valence-electron chi connectivity index (χ0n) is 18.5. The van der Waals surface area contributed by atoms with E-state index in [0.717, 1.165) is 0 Å². The molecule has 0 spiro atoms. The van der Waals surface area contributed by atoms with Gasteiger partial charge in [-0.1, -0.05) is 0 Å². The molecule has 1 aliphatic rings. The summed E-state index contributed by atoms with van der Waals surface area (Å²) in [5.74, 6) is -2.61. The molecule has 0 aromatic rings. The number of hydrogen-bond donors (Lipinski definition) is 0. The predicted octanol–water partition coefficient (Wildman–Crippen LogP) is -0.208. The van der Waals surface area contributed by atoms with Gasteiger partial charge in [0, 0.05) is 27.7 Å². The number of ether oxygens (including phenoxy) is 6. The molecule has 1 rings (SSSR count). The van der Waals surface area contributed by atoms with Crippen LogP contribution in [0.5, 0.6) is 0 Å². The van der Waals surface area contributed by atoms with Gasteiger partial charge in [-0.05, 0) is 0 Å². The van der Waals surface area contributed by atoms with Crippen LogP contribution in [-0.4, -0.2) is 100.0 Å². The van der Waals surface area contributed by atoms with E-state index >= 15 is 0 Å². The van der Waals surface area contributed by atoms with E-state index < -0.39 is 54.6 Å². The molecule has 30 heavy (non-hydrogen) atoms. The molecule has 0 amide bonds. The van der Waals surface area contributed by atoms with Crippen molar-refractivity contribution in [2.75, 3.05) is 40.9 Å². The van der Waals surface area contributed by atoms with Crippen molar-refractivity contribution in [3.8, 4) is 0 Å². The van der Waals surface area contributed by atoms with Crippen molar-refractivity contribution >= 4 is 23.9 Å². The van der Waals surface area contributed by atoms with Gasteiger partial charge in [0.25, 0.3) is 0 Å². The van der Waals surface area contributed by atoms with Crippen LogP contribution in [0, 0.1) is 0 Å². The van der Waals surface area contributed by atoms with Crippen LogP contribution >= 0.6 is 0 Å². The number of carbonyl (C=O) groups excluding carboxylic acids is 4. The van der Waals surface area contributed by atoms with Gasteiger partial charge in [0.2, 0.25) is 0 Å². The largest absolute Gasteiger partial charge is 0.463 e. The molecule has 1 heterocycles. The van der Waals surface area contributed by atoms with Gasteiger partial charge in [0.1, 0.15) is 19.3 Å². The molecule has 0 radical (unpaired) electrons. The fourth-order valence-corrected chi connectivity index (χ4v) is 2.77. The third kappa shape index (κ3) is 9.06. The Bertz CT molecular complexity index is 629. The Morgan fingerprint density at radius 1 is 0.767 bits per heavy atom. The molecule has 0 saturated carbocycles. The van der Waals surface area contributed by atoms with Crippen molar-refractivity contribution in [2.24, 2.45) is 0 Å². The number of esters is 4. The standard InChI is InChI=1S/C19H32NO10/c1-11(21)26-10-15-16(27-12(2)22)17(28-13(3)23)18(29-14(4)24)19(30-15)25-9-8-20(5,6)7/h15-19H,8-10H2,1-7H3/q+1/t15-,16-,17+,18+,19-/m1/s1. The van der Waals surface area contributed by atoms with Gasteiger partial charge in [-0.15, -0.1) is 0 Å². The van der Waals surface area contributed by atoms with Crippen LogP contribution in [0.1, 0.15) is 27.7 Å². The number of likely N-dealkylation sites (N-methyl/N-ethyl adjacent to an activating group) is 1. The van der Waals surface area contributed by atoms with E-state index in [1.807, 2.05) is 21.1 Å². The summed E-state index contributed by atoms with van der Waals surface area (Å²) in [7, 11) is 5.91. The summed E-state index contributed by atoms with van der Waals surface area (Å²) < 4.78 is 33.2. The van der Waals surface area contributed by atoms with Crippen molar-refractivity contribution in [3.05, 3.63) is 0 Å². The highest BCUT2D eigenvalue weighted by atomic mass is 16.7. The minimum atomic E-state index is -1.22. The smallest absolute Gasteiger partial charge is 0.303 e. The molecule has 0 N–H and O–H groups in total. The van der Waals surface area contributed by atoms with Gasteiger partial charge in [-0.25, -0.2) is 0 Å². The average molecular weight is 434 g/mol. The highest BCUT2D eigenvalue weighted by molar-refractivity contribution is 5.68. The van der Waals surface area contributed by atoms with E-state index in [9.17, 15) is 19.2 Å². The van der Waals surface area contributed by atoms with Gasteiger partial charge < -0.3 is 32.9 Å². The molecule has 0 bridgehead atoms. The molecular formula is C19H32NO10+. The molecule has 0 aromatic heterocycles. The summed E-state index contributed by atoms with van der Waals surface area (Å²) in [5, 5.41) is 0. The second kappa shape index (κ2) is 11.2. The van der Waals surface area contributed by atoms with Crippen molar-refractivity contribution in [1.82, 2.24) is 0 Å². The fourth-order valence-electron chi connectivity index (χ4n) is 2.77. The molecule has 5 atom stereocenters. The number of hydrogen-bond acceptors (Lipinski definition) is 10. The lowest BCUT2D eigenvalue weighted by Crippen LogP contribution is -2.63. The first-order valence-electron chi connectivity index (χ1n) is 9.52. The van der Waals surface area contributed by atoms with Gasteiger partial charge in [-0.3, -0.25) is 19.2 Å². The lowest BCUT2D eigenvalue weighted by Gasteiger charge is -2.44. The maximum Gasteiger partial charge on any atom is 0.303 e. The lowest BCUT2D eigenvalue weighted by molar-refractivity contribution is -0.871. The molecule has 0 unspecified atom stereocenters. The third-order valence-electron chi connectivity index (χ3n) is 3.99. The number of quaternary nitrogens is 1. The Hall–Kier alpha value is -2.24. The van der Waals surface area contributed by atoms with Gasteiger partial charge in [0.05, 0.1) is 27.7 Å². The van der Waals surface area contributed by atoms with Crippen LogP contribution in [0.2, 0.25) is 0 Å². The van der Waals surface area contributed by atoms with Crippen LogP contribution in [0.15, 0.2) is 0 Å². The number of carbonyl (C=O) groups is 4. The maximum absolute atomic E-state index is 11.7. The molecule has 1 fully saturated rings. The highest BCUT2D eigenvalue weighted by Gasteiger charge is 2.52. The topological polar surface area (TPSA) is 124 Å². The summed E-state index contributed by atoms with van der Waals surface area (Å²) in [4.78, 5) is 46.3. The Morgan fingerprint density at radius 3 is 1.73 bits per heavy atom. The molecule has 1 saturated heterocycles. The minimum Gasteiger partial charge on any atom is -0.463 e. The quantitative estimate of drug-likeness (QED) is 0.274. The first kappa shape index (κ1) is 25.8. The third-order valence-corrected chi connectivity index (χ3v) is 3.99. The molecule has 172 valence electrons. The van der Waals surface area contributed by atoms with E-state index in [-0.39, 0.29) is 13.2 Å². The van der Waals surface area contributed by atoms with Crippen LogP contribution in [0.25, 0.3) is 0 Å². The summed E-state index contributed by atoms with van der Waals surface area (Å²) in [5.41, 5.74) is 0. The molecule has 0 aromatic carbocycles. The van der Waals surface area contributed by atoms with E-state index in [1.165, 1.54) is 27.7 Å². The minimum absolute atomic E-state index is 0.233. The zero-order chi connectivity index (χ0) is 23.1. The Kier molecular flexibility index (Phi) is 9.66. The Labute approximate surface area is 176 Å². The molecule has 1 aliphatic heterocycles. The van der Waals surface area contributed by atoms with Crippen LogP contribution < -0.4 is 0 Å². The second-order valence-corrected chi connectivity index (χ2v) is 7.95. The molecule has 0 aliphatic carbocycles. The van der Waals surface area contributed by atoms with E-state index in [1.54, 1.807) is 0 Å². The first-order chi connectivity index (χ1) is 13.8. The van der Waals surface area contributed by atoms with Gasteiger partial charge in [-0.2, -0.15) is 0 Å². The van der Waals surface area contributed by atoms with Crippen LogP contribution in [0.4, 0.5) is 0 Å². The number of rotatable bonds is 9. The summed E-state index contributed by atoms with van der Waals surface area (Å²) in [6, 6.07) is 0. The average Bonchev–Trinajstić information content (AvgIpc) is 2.55. The monoisotopic (exact) mass is 434 g/mol. The fraction of sp³-hybridized carbons (Fsp3) is 0.789. The van der Waals surface area contributed by atoms with Crippen molar-refractivity contribution in [2.45, 2.75) is 58.4 Å². The summed E-state index contributed by atoms with van der Waals surface area (Å²) in [6.45, 7) is 5.28. The second-order valence-electron chi connectivity index (χ2n) is 7.95. The van der Waals surface area contributed by atoms with E-state index in [2.05, 4.69) is 0 Å². The Balaban J connectivity index is 3.22. The summed E-state index contributed by atoms with van der Waals surface area (Å²) >= 11 is 0. The van der Waals surface area contributed by atoms with Crippen LogP contribution in [0.3, 0.4) is 0 Å². The first-order valence-corrected chi connectivity index (χ1v) is 9.52. The zero-order valence-corrected chi connectivity index (χ0v) is 18.5. The van der Waals surface area contributed by atoms with Gasteiger partial charge in [0.15, 0.2) is 24.6 Å². The normalized spacial score (nSPS) is 26.4. The highest BCUT2D eigenvalue weighted by Crippen LogP contribution is 2.30. The maximum atomic E-state index is 11.7. The van der Waals surface area contributed by atoms with Crippen molar-refractivity contribution in [3.63, 3.8) is 0 Å². The molecular weight excluding hydrogens is 402 g/mol. The number of nitrogens with zero attached hydrogens (tertiary/aromatic N) is 1. The molecule has 11 nitrogen and oxygen atoms in total. The molecule has 11 heteroatoms. The van der Waals surface area contributed by atoms with E-state index in [0.29, 0.717) is 11.0 Å². The van der Waals surface area contributed by atoms with Crippen molar-refractivity contribution in [1.29, 1.82) is 0 Å². The van der Waals surface area contributed by atoms with Crippen LogP contribution in [-0.2, 0) is 47.6 Å². The Morgan fingerprint density at radius 2 is 1.27 bits per heavy atom. The predicted molar refractivity (Wildman–Crippen MR) is 101 cm³/mol. The SMILES string of the molecule is CC(=O)OC[C@H]1O[C@@H](OCC[N+](C)(C)C)[C@@H](OC(C)=O)[C@@H](OC(C)=O)[C@@H]1OC(C)=O. The van der Waals surface area contributed by atoms with Gasteiger partial charge >= 0.3 is 23.9 Å². The van der Waals surface area contributed by atoms with E-state index in [4.69, 9.17) is 28.4 Å². The summed E-state index contributed by atoms with van der Waals surface area (Å²) in [6.07, 6.45) is -5.76. The van der Waals surface area contributed by atoms with Crippen molar-refractivity contribution < 1.29 is 52.1 Å².